The van der Waals surface area contributed by atoms with E-state index in [1.165, 1.54) is 6.26 Å². The minimum atomic E-state index is -3.17. The largest absolute Gasteiger partial charge is 0.492 e. The Kier molecular flexibility index (Phi) is 5.41. The summed E-state index contributed by atoms with van der Waals surface area (Å²) < 4.78 is 30.8. The van der Waals surface area contributed by atoms with Crippen LogP contribution in [-0.4, -0.2) is 61.9 Å². The Bertz CT molecular complexity index is 802. The summed E-state index contributed by atoms with van der Waals surface area (Å²) in [5.74, 6) is 1.72. The lowest BCUT2D eigenvalue weighted by Gasteiger charge is -2.35. The molecule has 2 aromatic rings. The van der Waals surface area contributed by atoms with Gasteiger partial charge in [0, 0.05) is 51.9 Å². The molecule has 25 heavy (non-hydrogen) atoms. The van der Waals surface area contributed by atoms with Crippen LogP contribution in [0.4, 0.5) is 0 Å². The SMILES string of the molecule is Cn1ccnc1C1CNCCN1CCOc1ccc(S(C)(=O)=O)cc1. The first-order chi connectivity index (χ1) is 11.9. The molecule has 8 heteroatoms. The van der Waals surface area contributed by atoms with Gasteiger partial charge in [-0.3, -0.25) is 4.90 Å². The van der Waals surface area contributed by atoms with Crippen LogP contribution in [0.15, 0.2) is 41.6 Å². The molecule has 0 aliphatic carbocycles. The van der Waals surface area contributed by atoms with Crippen molar-refractivity contribution in [2.24, 2.45) is 7.05 Å². The van der Waals surface area contributed by atoms with E-state index in [0.29, 0.717) is 17.3 Å². The Morgan fingerprint density at radius 3 is 2.72 bits per heavy atom. The second kappa shape index (κ2) is 7.55. The van der Waals surface area contributed by atoms with E-state index in [0.717, 1.165) is 32.0 Å². The lowest BCUT2D eigenvalue weighted by Crippen LogP contribution is -2.48. The van der Waals surface area contributed by atoms with Crippen LogP contribution in [0.2, 0.25) is 0 Å². The number of nitrogens with one attached hydrogen (secondary N) is 1. The second-order valence-corrected chi connectivity index (χ2v) is 8.26. The average molecular weight is 364 g/mol. The molecule has 7 nitrogen and oxygen atoms in total. The summed E-state index contributed by atoms with van der Waals surface area (Å²) >= 11 is 0. The fourth-order valence-electron chi connectivity index (χ4n) is 3.03. The first kappa shape index (κ1) is 17.9. The predicted octanol–water partition coefficient (Wildman–Crippen LogP) is 0.849. The zero-order chi connectivity index (χ0) is 17.9. The van der Waals surface area contributed by atoms with E-state index in [1.54, 1.807) is 24.3 Å². The van der Waals surface area contributed by atoms with Gasteiger partial charge in [-0.25, -0.2) is 13.4 Å². The highest BCUT2D eigenvalue weighted by Gasteiger charge is 2.26. The maximum atomic E-state index is 11.5. The third kappa shape index (κ3) is 4.39. The zero-order valence-corrected chi connectivity index (χ0v) is 15.4. The van der Waals surface area contributed by atoms with Gasteiger partial charge in [-0.05, 0) is 24.3 Å². The molecule has 1 unspecified atom stereocenters. The van der Waals surface area contributed by atoms with Gasteiger partial charge in [0.1, 0.15) is 18.2 Å². The number of imidazole rings is 1. The van der Waals surface area contributed by atoms with E-state index in [9.17, 15) is 8.42 Å². The van der Waals surface area contributed by atoms with E-state index in [2.05, 4.69) is 19.8 Å². The highest BCUT2D eigenvalue weighted by atomic mass is 32.2. The van der Waals surface area contributed by atoms with Crippen molar-refractivity contribution in [2.75, 3.05) is 39.0 Å². The molecule has 0 bridgehead atoms. The maximum absolute atomic E-state index is 11.5. The van der Waals surface area contributed by atoms with Crippen molar-refractivity contribution < 1.29 is 13.2 Å². The molecule has 3 rings (SSSR count). The standard InChI is InChI=1S/C17H24N4O3S/c1-20-9-8-19-17(20)16-13-18-7-10-21(16)11-12-24-14-3-5-15(6-4-14)25(2,22)23/h3-6,8-9,16,18H,7,10-13H2,1-2H3. The molecule has 0 saturated carbocycles. The van der Waals surface area contributed by atoms with Gasteiger partial charge in [0.25, 0.3) is 0 Å². The number of sulfone groups is 1. The highest BCUT2D eigenvalue weighted by molar-refractivity contribution is 7.90. The van der Waals surface area contributed by atoms with Crippen LogP contribution in [0.5, 0.6) is 5.75 Å². The summed E-state index contributed by atoms with van der Waals surface area (Å²) in [7, 11) is -1.16. The number of nitrogens with zero attached hydrogens (tertiary/aromatic N) is 3. The summed E-state index contributed by atoms with van der Waals surface area (Å²) in [4.78, 5) is 7.14. The van der Waals surface area contributed by atoms with Crippen molar-refractivity contribution >= 4 is 9.84 Å². The molecule has 2 heterocycles. The van der Waals surface area contributed by atoms with Crippen molar-refractivity contribution in [2.45, 2.75) is 10.9 Å². The Morgan fingerprint density at radius 2 is 2.08 bits per heavy atom. The molecule has 1 aromatic carbocycles. The number of ether oxygens (including phenoxy) is 1. The molecular formula is C17H24N4O3S. The van der Waals surface area contributed by atoms with Crippen molar-refractivity contribution in [3.8, 4) is 5.75 Å². The maximum Gasteiger partial charge on any atom is 0.175 e. The lowest BCUT2D eigenvalue weighted by atomic mass is 10.2. The molecule has 1 aliphatic rings. The summed E-state index contributed by atoms with van der Waals surface area (Å²) in [6, 6.07) is 6.78. The fraction of sp³-hybridized carbons (Fsp3) is 0.471. The van der Waals surface area contributed by atoms with Crippen molar-refractivity contribution in [3.63, 3.8) is 0 Å². The number of aromatic nitrogens is 2. The van der Waals surface area contributed by atoms with E-state index in [4.69, 9.17) is 4.74 Å². The van der Waals surface area contributed by atoms with E-state index >= 15 is 0 Å². The fourth-order valence-corrected chi connectivity index (χ4v) is 3.66. The van der Waals surface area contributed by atoms with Gasteiger partial charge in [0.05, 0.1) is 10.9 Å². The Labute approximate surface area is 148 Å². The molecule has 0 amide bonds. The van der Waals surface area contributed by atoms with Crippen molar-refractivity contribution in [1.82, 2.24) is 19.8 Å². The molecule has 1 N–H and O–H groups in total. The number of benzene rings is 1. The van der Waals surface area contributed by atoms with Crippen LogP contribution in [-0.2, 0) is 16.9 Å². The van der Waals surface area contributed by atoms with Gasteiger partial charge in [-0.1, -0.05) is 0 Å². The highest BCUT2D eigenvalue weighted by Crippen LogP contribution is 2.20. The molecule has 0 radical (unpaired) electrons. The Balaban J connectivity index is 1.58. The Hall–Kier alpha value is -1.90. The molecule has 1 aliphatic heterocycles. The van der Waals surface area contributed by atoms with Crippen LogP contribution >= 0.6 is 0 Å². The number of hydrogen-bond donors (Lipinski definition) is 1. The molecule has 1 aromatic heterocycles. The monoisotopic (exact) mass is 364 g/mol. The lowest BCUT2D eigenvalue weighted by molar-refractivity contribution is 0.127. The van der Waals surface area contributed by atoms with Gasteiger partial charge in [-0.2, -0.15) is 0 Å². The third-order valence-corrected chi connectivity index (χ3v) is 5.54. The molecule has 1 fully saturated rings. The van der Waals surface area contributed by atoms with Crippen LogP contribution < -0.4 is 10.1 Å². The molecule has 1 atom stereocenters. The summed E-state index contributed by atoms with van der Waals surface area (Å²) in [5.41, 5.74) is 0. The minimum absolute atomic E-state index is 0.227. The van der Waals surface area contributed by atoms with E-state index in [-0.39, 0.29) is 6.04 Å². The molecule has 0 spiro atoms. The van der Waals surface area contributed by atoms with Crippen LogP contribution in [0.1, 0.15) is 11.9 Å². The van der Waals surface area contributed by atoms with Gasteiger partial charge in [0.15, 0.2) is 9.84 Å². The second-order valence-electron chi connectivity index (χ2n) is 6.24. The van der Waals surface area contributed by atoms with Gasteiger partial charge in [0.2, 0.25) is 0 Å². The van der Waals surface area contributed by atoms with Gasteiger partial charge < -0.3 is 14.6 Å². The van der Waals surface area contributed by atoms with Crippen molar-refractivity contribution in [1.29, 1.82) is 0 Å². The topological polar surface area (TPSA) is 76.5 Å². The summed E-state index contributed by atoms with van der Waals surface area (Å²) in [5, 5.41) is 3.42. The van der Waals surface area contributed by atoms with Crippen molar-refractivity contribution in [3.05, 3.63) is 42.5 Å². The normalized spacial score (nSPS) is 19.0. The van der Waals surface area contributed by atoms with Crippen LogP contribution in [0.25, 0.3) is 0 Å². The summed E-state index contributed by atoms with van der Waals surface area (Å²) in [6.07, 6.45) is 4.98. The zero-order valence-electron chi connectivity index (χ0n) is 14.6. The van der Waals surface area contributed by atoms with E-state index < -0.39 is 9.84 Å². The average Bonchev–Trinajstić information content (AvgIpc) is 3.01. The van der Waals surface area contributed by atoms with Crippen LogP contribution in [0, 0.1) is 0 Å². The number of hydrogen-bond acceptors (Lipinski definition) is 6. The first-order valence-electron chi connectivity index (χ1n) is 8.30. The molecule has 136 valence electrons. The smallest absolute Gasteiger partial charge is 0.175 e. The number of rotatable bonds is 6. The van der Waals surface area contributed by atoms with E-state index in [1.807, 2.05) is 19.4 Å². The molecule has 1 saturated heterocycles. The molecular weight excluding hydrogens is 340 g/mol. The summed E-state index contributed by atoms with van der Waals surface area (Å²) in [6.45, 7) is 4.08. The Morgan fingerprint density at radius 1 is 1.32 bits per heavy atom. The van der Waals surface area contributed by atoms with Crippen LogP contribution in [0.3, 0.4) is 0 Å². The number of aryl methyl sites for hydroxylation is 1. The third-order valence-electron chi connectivity index (χ3n) is 4.41. The van der Waals surface area contributed by atoms with Gasteiger partial charge in [-0.15, -0.1) is 0 Å². The number of piperazine rings is 1. The first-order valence-corrected chi connectivity index (χ1v) is 10.2. The quantitative estimate of drug-likeness (QED) is 0.819. The van der Waals surface area contributed by atoms with Gasteiger partial charge >= 0.3 is 0 Å². The predicted molar refractivity (Wildman–Crippen MR) is 95.4 cm³/mol. The minimum Gasteiger partial charge on any atom is -0.492 e.